The standard InChI is InChI=1S/C21H21N3O3S/c1-15-24-18(14-28-15)13-27-19-9-5-8-17(10-19)21(26)23-12-20(25)22-11-16-6-3-2-4-7-16/h2-10,14H,11-13H2,1H3,(H,22,25)(H,23,26). The van der Waals surface area contributed by atoms with E-state index < -0.39 is 0 Å². The topological polar surface area (TPSA) is 80.3 Å². The van der Waals surface area contributed by atoms with Crippen molar-refractivity contribution in [3.8, 4) is 5.75 Å². The molecule has 2 N–H and O–H groups in total. The van der Waals surface area contributed by atoms with Gasteiger partial charge in [0.25, 0.3) is 5.91 Å². The van der Waals surface area contributed by atoms with E-state index >= 15 is 0 Å². The number of benzene rings is 2. The third-order valence-corrected chi connectivity index (χ3v) is 4.71. The number of aromatic nitrogens is 1. The van der Waals surface area contributed by atoms with Crippen molar-refractivity contribution in [1.29, 1.82) is 0 Å². The molecule has 0 saturated carbocycles. The molecule has 144 valence electrons. The van der Waals surface area contributed by atoms with Gasteiger partial charge in [-0.25, -0.2) is 4.98 Å². The van der Waals surface area contributed by atoms with Crippen molar-refractivity contribution in [2.24, 2.45) is 0 Å². The molecule has 0 bridgehead atoms. The van der Waals surface area contributed by atoms with Gasteiger partial charge in [0.15, 0.2) is 0 Å². The van der Waals surface area contributed by atoms with Crippen LogP contribution in [-0.2, 0) is 17.9 Å². The lowest BCUT2D eigenvalue weighted by atomic mass is 10.2. The molecule has 1 aromatic heterocycles. The minimum absolute atomic E-state index is 0.0884. The first-order valence-electron chi connectivity index (χ1n) is 8.83. The van der Waals surface area contributed by atoms with Gasteiger partial charge in [0.2, 0.25) is 5.91 Å². The summed E-state index contributed by atoms with van der Waals surface area (Å²) in [4.78, 5) is 28.6. The minimum atomic E-state index is -0.329. The molecule has 7 heteroatoms. The summed E-state index contributed by atoms with van der Waals surface area (Å²) in [5.74, 6) is 0.000144. The summed E-state index contributed by atoms with van der Waals surface area (Å²) in [7, 11) is 0. The molecular formula is C21H21N3O3S. The summed E-state index contributed by atoms with van der Waals surface area (Å²) in [5.41, 5.74) is 2.29. The Hall–Kier alpha value is -3.19. The monoisotopic (exact) mass is 395 g/mol. The van der Waals surface area contributed by atoms with Crippen molar-refractivity contribution in [1.82, 2.24) is 15.6 Å². The number of nitrogens with zero attached hydrogens (tertiary/aromatic N) is 1. The van der Waals surface area contributed by atoms with Crippen molar-refractivity contribution in [3.05, 3.63) is 81.8 Å². The highest BCUT2D eigenvalue weighted by molar-refractivity contribution is 7.09. The number of nitrogens with one attached hydrogen (secondary N) is 2. The lowest BCUT2D eigenvalue weighted by molar-refractivity contribution is -0.120. The molecule has 0 spiro atoms. The fourth-order valence-corrected chi connectivity index (χ4v) is 3.08. The molecule has 0 aliphatic heterocycles. The van der Waals surface area contributed by atoms with Gasteiger partial charge in [-0.1, -0.05) is 36.4 Å². The molecule has 0 unspecified atom stereocenters. The summed E-state index contributed by atoms with van der Waals surface area (Å²) in [6, 6.07) is 16.4. The number of thiazole rings is 1. The Kier molecular flexibility index (Phi) is 6.75. The molecule has 2 aromatic carbocycles. The number of carbonyl (C=O) groups is 2. The predicted octanol–water partition coefficient (Wildman–Crippen LogP) is 3.08. The van der Waals surface area contributed by atoms with Crippen LogP contribution in [0.25, 0.3) is 0 Å². The first-order chi connectivity index (χ1) is 13.6. The van der Waals surface area contributed by atoms with E-state index in [0.29, 0.717) is 24.5 Å². The summed E-state index contributed by atoms with van der Waals surface area (Å²) in [5, 5.41) is 8.32. The van der Waals surface area contributed by atoms with Gasteiger partial charge in [0.1, 0.15) is 12.4 Å². The Morgan fingerprint density at radius 3 is 2.64 bits per heavy atom. The smallest absolute Gasteiger partial charge is 0.251 e. The van der Waals surface area contributed by atoms with E-state index in [0.717, 1.165) is 16.3 Å². The van der Waals surface area contributed by atoms with Crippen LogP contribution in [0.2, 0.25) is 0 Å². The summed E-state index contributed by atoms with van der Waals surface area (Å²) in [6.07, 6.45) is 0. The molecule has 3 aromatic rings. The van der Waals surface area contributed by atoms with Crippen LogP contribution in [0, 0.1) is 6.92 Å². The molecule has 3 rings (SSSR count). The first kappa shape index (κ1) is 19.6. The zero-order chi connectivity index (χ0) is 19.8. The molecule has 28 heavy (non-hydrogen) atoms. The Balaban J connectivity index is 1.46. The van der Waals surface area contributed by atoms with E-state index in [1.807, 2.05) is 42.6 Å². The van der Waals surface area contributed by atoms with Gasteiger partial charge in [0, 0.05) is 17.5 Å². The molecule has 0 atom stereocenters. The number of amides is 2. The average Bonchev–Trinajstić information content (AvgIpc) is 3.15. The third kappa shape index (κ3) is 5.92. The molecule has 0 aliphatic carbocycles. The van der Waals surface area contributed by atoms with Crippen molar-refractivity contribution in [3.63, 3.8) is 0 Å². The molecule has 0 radical (unpaired) electrons. The quantitative estimate of drug-likeness (QED) is 0.614. The second-order valence-electron chi connectivity index (χ2n) is 6.12. The van der Waals surface area contributed by atoms with Crippen LogP contribution >= 0.6 is 11.3 Å². The van der Waals surface area contributed by atoms with Crippen LogP contribution in [0.15, 0.2) is 60.0 Å². The van der Waals surface area contributed by atoms with Crippen LogP contribution in [0.3, 0.4) is 0 Å². The molecular weight excluding hydrogens is 374 g/mol. The largest absolute Gasteiger partial charge is 0.487 e. The van der Waals surface area contributed by atoms with E-state index in [-0.39, 0.29) is 18.4 Å². The number of rotatable bonds is 8. The molecule has 2 amide bonds. The minimum Gasteiger partial charge on any atom is -0.487 e. The van der Waals surface area contributed by atoms with Crippen LogP contribution < -0.4 is 15.4 Å². The van der Waals surface area contributed by atoms with Gasteiger partial charge in [-0.05, 0) is 30.7 Å². The number of carbonyl (C=O) groups excluding carboxylic acids is 2. The Bertz CT molecular complexity index is 941. The van der Waals surface area contributed by atoms with Crippen LogP contribution in [0.5, 0.6) is 5.75 Å². The zero-order valence-electron chi connectivity index (χ0n) is 15.5. The van der Waals surface area contributed by atoms with Crippen molar-refractivity contribution < 1.29 is 14.3 Å². The summed E-state index contributed by atoms with van der Waals surface area (Å²) in [6.45, 7) is 2.62. The SMILES string of the molecule is Cc1nc(COc2cccc(C(=O)NCC(=O)NCc3ccccc3)c2)cs1. The lowest BCUT2D eigenvalue weighted by Crippen LogP contribution is -2.36. The Labute approximate surface area is 167 Å². The maximum absolute atomic E-state index is 12.3. The fraction of sp³-hybridized carbons (Fsp3) is 0.190. The van der Waals surface area contributed by atoms with E-state index in [1.54, 1.807) is 35.6 Å². The van der Waals surface area contributed by atoms with Crippen molar-refractivity contribution >= 4 is 23.2 Å². The number of ether oxygens (including phenoxy) is 1. The Morgan fingerprint density at radius 1 is 1.07 bits per heavy atom. The summed E-state index contributed by atoms with van der Waals surface area (Å²) < 4.78 is 5.69. The van der Waals surface area contributed by atoms with Gasteiger partial charge in [0.05, 0.1) is 17.2 Å². The van der Waals surface area contributed by atoms with Crippen LogP contribution in [-0.4, -0.2) is 23.3 Å². The first-order valence-corrected chi connectivity index (χ1v) is 9.71. The highest BCUT2D eigenvalue weighted by Gasteiger charge is 2.09. The molecule has 0 fully saturated rings. The van der Waals surface area contributed by atoms with Crippen LogP contribution in [0.4, 0.5) is 0 Å². The second-order valence-corrected chi connectivity index (χ2v) is 7.18. The molecule has 1 heterocycles. The average molecular weight is 395 g/mol. The van der Waals surface area contributed by atoms with Gasteiger partial charge in [-0.15, -0.1) is 11.3 Å². The fourth-order valence-electron chi connectivity index (χ4n) is 2.48. The highest BCUT2D eigenvalue weighted by atomic mass is 32.1. The van der Waals surface area contributed by atoms with Crippen molar-refractivity contribution in [2.75, 3.05) is 6.54 Å². The number of hydrogen-bond donors (Lipinski definition) is 2. The van der Waals surface area contributed by atoms with Gasteiger partial charge >= 0.3 is 0 Å². The Morgan fingerprint density at radius 2 is 1.89 bits per heavy atom. The second kappa shape index (κ2) is 9.66. The summed E-state index contributed by atoms with van der Waals surface area (Å²) >= 11 is 1.57. The third-order valence-electron chi connectivity index (χ3n) is 3.89. The van der Waals surface area contributed by atoms with E-state index in [4.69, 9.17) is 4.74 Å². The normalized spacial score (nSPS) is 10.3. The molecule has 0 saturated heterocycles. The van der Waals surface area contributed by atoms with Gasteiger partial charge in [-0.2, -0.15) is 0 Å². The van der Waals surface area contributed by atoms with E-state index in [1.165, 1.54) is 0 Å². The van der Waals surface area contributed by atoms with Gasteiger partial charge < -0.3 is 15.4 Å². The maximum Gasteiger partial charge on any atom is 0.251 e. The molecule has 6 nitrogen and oxygen atoms in total. The van der Waals surface area contributed by atoms with E-state index in [2.05, 4.69) is 15.6 Å². The van der Waals surface area contributed by atoms with Gasteiger partial charge in [-0.3, -0.25) is 9.59 Å². The van der Waals surface area contributed by atoms with Crippen molar-refractivity contribution in [2.45, 2.75) is 20.1 Å². The molecule has 0 aliphatic rings. The number of aryl methyl sites for hydroxylation is 1. The van der Waals surface area contributed by atoms with E-state index in [9.17, 15) is 9.59 Å². The van der Waals surface area contributed by atoms with Crippen LogP contribution in [0.1, 0.15) is 26.6 Å². The predicted molar refractivity (Wildman–Crippen MR) is 108 cm³/mol. The highest BCUT2D eigenvalue weighted by Crippen LogP contribution is 2.16. The lowest BCUT2D eigenvalue weighted by Gasteiger charge is -2.09. The zero-order valence-corrected chi connectivity index (χ0v) is 16.3. The maximum atomic E-state index is 12.3. The number of hydrogen-bond acceptors (Lipinski definition) is 5.